The topological polar surface area (TPSA) is 87.4 Å². The van der Waals surface area contributed by atoms with Gasteiger partial charge in [-0.2, -0.15) is 13.2 Å². The van der Waals surface area contributed by atoms with E-state index < -0.39 is 11.7 Å². The number of hydrogen-bond donors (Lipinski definition) is 2. The number of alkyl halides is 3. The number of urea groups is 1. The average Bonchev–Trinajstić information content (AvgIpc) is 3.34. The van der Waals surface area contributed by atoms with Gasteiger partial charge in [-0.15, -0.1) is 0 Å². The normalized spacial score (nSPS) is 16.1. The van der Waals surface area contributed by atoms with E-state index in [1.165, 1.54) is 6.07 Å². The average molecular weight is 441 g/mol. The highest BCUT2D eigenvalue weighted by molar-refractivity contribution is 6.28. The molecule has 3 N–H and O–H groups in total. The third-order valence-electron chi connectivity index (χ3n) is 5.20. The number of halogens is 4. The largest absolute Gasteiger partial charge is 0.416 e. The number of nitrogens with one attached hydrogen (secondary N) is 1. The molecule has 0 radical (unpaired) electrons. The molecule has 0 unspecified atom stereocenters. The van der Waals surface area contributed by atoms with Crippen molar-refractivity contribution < 1.29 is 18.0 Å². The van der Waals surface area contributed by atoms with Gasteiger partial charge >= 0.3 is 12.2 Å². The van der Waals surface area contributed by atoms with Crippen molar-refractivity contribution in [1.29, 1.82) is 0 Å². The van der Waals surface area contributed by atoms with Gasteiger partial charge in [-0.3, -0.25) is 0 Å². The van der Waals surface area contributed by atoms with Crippen LogP contribution >= 0.6 is 11.6 Å². The lowest BCUT2D eigenvalue weighted by atomic mass is 10.1. The molecule has 0 bridgehead atoms. The minimum atomic E-state index is -4.49. The van der Waals surface area contributed by atoms with Crippen molar-refractivity contribution in [2.45, 2.75) is 38.7 Å². The molecule has 30 heavy (non-hydrogen) atoms. The highest BCUT2D eigenvalue weighted by Crippen LogP contribution is 2.32. The zero-order chi connectivity index (χ0) is 21.5. The van der Waals surface area contributed by atoms with Crippen LogP contribution in [0.1, 0.15) is 35.2 Å². The van der Waals surface area contributed by atoms with Crippen LogP contribution in [0.25, 0.3) is 0 Å². The molecule has 0 aliphatic carbocycles. The first-order valence-corrected chi connectivity index (χ1v) is 9.88. The predicted molar refractivity (Wildman–Crippen MR) is 106 cm³/mol. The Morgan fingerprint density at radius 2 is 1.87 bits per heavy atom. The van der Waals surface area contributed by atoms with E-state index in [-0.39, 0.29) is 23.5 Å². The van der Waals surface area contributed by atoms with Gasteiger partial charge in [0.15, 0.2) is 0 Å². The molecule has 1 aromatic carbocycles. The van der Waals surface area contributed by atoms with Crippen molar-refractivity contribution in [3.63, 3.8) is 0 Å². The van der Waals surface area contributed by atoms with Crippen LogP contribution in [0.3, 0.4) is 0 Å². The minimum absolute atomic E-state index is 0.00952. The van der Waals surface area contributed by atoms with Crippen molar-refractivity contribution in [3.05, 3.63) is 45.9 Å². The van der Waals surface area contributed by atoms with Crippen molar-refractivity contribution in [2.24, 2.45) is 0 Å². The number of carbonyl (C=O) groups excluding carboxylic acids is 1. The summed E-state index contributed by atoms with van der Waals surface area (Å²) in [6.07, 6.45) is -2.50. The first-order chi connectivity index (χ1) is 14.2. The molecular weight excluding hydrogens is 421 g/mol. The van der Waals surface area contributed by atoms with Crippen LogP contribution in [0.2, 0.25) is 5.28 Å². The Hall–Kier alpha value is -2.75. The summed E-state index contributed by atoms with van der Waals surface area (Å²) in [7, 11) is 0. The standard InChI is InChI=1S/C19H20ClF3N6O/c20-17-26-15-10-29(18(30)28-3-1-2-4-28)9-14(15)16(27-17)25-8-11-5-12(19(21,22)23)7-13(24)6-11/h5-7H,1-4,8-10,24H2,(H,25,26,27). The van der Waals surface area contributed by atoms with E-state index in [2.05, 4.69) is 15.3 Å². The van der Waals surface area contributed by atoms with Crippen LogP contribution in [-0.4, -0.2) is 38.9 Å². The first-order valence-electron chi connectivity index (χ1n) is 9.50. The number of nitrogen functional groups attached to an aromatic ring is 1. The molecule has 4 rings (SSSR count). The Bertz CT molecular complexity index is 977. The highest BCUT2D eigenvalue weighted by Gasteiger charge is 2.33. The van der Waals surface area contributed by atoms with Crippen LogP contribution in [0.4, 0.5) is 29.5 Å². The molecule has 0 atom stereocenters. The molecule has 1 saturated heterocycles. The SMILES string of the molecule is Nc1cc(CNc2nc(Cl)nc3c2CN(C(=O)N2CCCC2)C3)cc(C(F)(F)F)c1. The third-order valence-corrected chi connectivity index (χ3v) is 5.37. The zero-order valence-corrected chi connectivity index (χ0v) is 16.7. The molecule has 1 fully saturated rings. The number of likely N-dealkylation sites (tertiary alicyclic amines) is 1. The summed E-state index contributed by atoms with van der Waals surface area (Å²) >= 11 is 6.03. The summed E-state index contributed by atoms with van der Waals surface area (Å²) in [4.78, 5) is 24.6. The molecule has 2 aliphatic rings. The summed E-state index contributed by atoms with van der Waals surface area (Å²) in [6, 6.07) is 3.34. The summed E-state index contributed by atoms with van der Waals surface area (Å²) in [5, 5.41) is 3.04. The van der Waals surface area contributed by atoms with E-state index in [4.69, 9.17) is 17.3 Å². The van der Waals surface area contributed by atoms with Crippen LogP contribution < -0.4 is 11.1 Å². The maximum Gasteiger partial charge on any atom is 0.416 e. The van der Waals surface area contributed by atoms with E-state index >= 15 is 0 Å². The fraction of sp³-hybridized carbons (Fsp3) is 0.421. The van der Waals surface area contributed by atoms with Gasteiger partial charge in [0.2, 0.25) is 5.28 Å². The number of nitrogens with zero attached hydrogens (tertiary/aromatic N) is 4. The Balaban J connectivity index is 1.52. The van der Waals surface area contributed by atoms with Crippen LogP contribution in [0.15, 0.2) is 18.2 Å². The van der Waals surface area contributed by atoms with Gasteiger partial charge in [0, 0.05) is 30.9 Å². The summed E-state index contributed by atoms with van der Waals surface area (Å²) in [5.74, 6) is 0.401. The van der Waals surface area contributed by atoms with Gasteiger partial charge in [-0.1, -0.05) is 0 Å². The van der Waals surface area contributed by atoms with E-state index in [1.807, 2.05) is 0 Å². The Morgan fingerprint density at radius 1 is 1.13 bits per heavy atom. The molecule has 7 nitrogen and oxygen atoms in total. The number of amides is 2. The molecule has 2 amide bonds. The molecule has 0 saturated carbocycles. The van der Waals surface area contributed by atoms with E-state index in [0.29, 0.717) is 35.7 Å². The summed E-state index contributed by atoms with van der Waals surface area (Å²) in [6.45, 7) is 2.17. The first kappa shape index (κ1) is 20.5. The van der Waals surface area contributed by atoms with E-state index in [9.17, 15) is 18.0 Å². The number of aromatic nitrogens is 2. The molecule has 11 heteroatoms. The molecule has 160 valence electrons. The second kappa shape index (κ2) is 7.82. The Labute approximate surface area is 176 Å². The summed E-state index contributed by atoms with van der Waals surface area (Å²) in [5.41, 5.74) is 6.54. The fourth-order valence-electron chi connectivity index (χ4n) is 3.78. The van der Waals surface area contributed by atoms with E-state index in [0.717, 1.165) is 38.1 Å². The van der Waals surface area contributed by atoms with Crippen molar-refractivity contribution in [1.82, 2.24) is 19.8 Å². The van der Waals surface area contributed by atoms with Gasteiger partial charge in [-0.05, 0) is 48.2 Å². The predicted octanol–water partition coefficient (Wildman–Crippen LogP) is 3.87. The fourth-order valence-corrected chi connectivity index (χ4v) is 3.97. The molecule has 0 spiro atoms. The lowest BCUT2D eigenvalue weighted by molar-refractivity contribution is -0.137. The third kappa shape index (κ3) is 4.23. The maximum absolute atomic E-state index is 13.0. The van der Waals surface area contributed by atoms with Gasteiger partial charge in [0.1, 0.15) is 5.82 Å². The second-order valence-corrected chi connectivity index (χ2v) is 7.75. The molecule has 2 aliphatic heterocycles. The smallest absolute Gasteiger partial charge is 0.399 e. The number of fused-ring (bicyclic) bond motifs is 1. The lowest BCUT2D eigenvalue weighted by Crippen LogP contribution is -2.38. The van der Waals surface area contributed by atoms with E-state index in [1.54, 1.807) is 9.80 Å². The van der Waals surface area contributed by atoms with Gasteiger partial charge in [0.05, 0.1) is 24.3 Å². The number of anilines is 2. The number of nitrogens with two attached hydrogens (primary N) is 1. The Morgan fingerprint density at radius 3 is 2.57 bits per heavy atom. The number of rotatable bonds is 3. The second-order valence-electron chi connectivity index (χ2n) is 7.41. The van der Waals surface area contributed by atoms with Crippen LogP contribution in [0, 0.1) is 0 Å². The van der Waals surface area contributed by atoms with Gasteiger partial charge in [0.25, 0.3) is 0 Å². The van der Waals surface area contributed by atoms with Gasteiger partial charge < -0.3 is 20.9 Å². The summed E-state index contributed by atoms with van der Waals surface area (Å²) < 4.78 is 39.1. The minimum Gasteiger partial charge on any atom is -0.399 e. The lowest BCUT2D eigenvalue weighted by Gasteiger charge is -2.23. The van der Waals surface area contributed by atoms with Crippen LogP contribution in [-0.2, 0) is 25.8 Å². The maximum atomic E-state index is 13.0. The Kier molecular flexibility index (Phi) is 5.35. The zero-order valence-electron chi connectivity index (χ0n) is 16.0. The number of benzene rings is 1. The van der Waals surface area contributed by atoms with Crippen LogP contribution in [0.5, 0.6) is 0 Å². The van der Waals surface area contributed by atoms with Gasteiger partial charge in [-0.25, -0.2) is 14.8 Å². The monoisotopic (exact) mass is 440 g/mol. The molecule has 3 heterocycles. The molecule has 1 aromatic heterocycles. The molecular formula is C19H20ClF3N6O. The number of hydrogen-bond acceptors (Lipinski definition) is 5. The quantitative estimate of drug-likeness (QED) is 0.558. The number of carbonyl (C=O) groups is 1. The van der Waals surface area contributed by atoms with Crippen molar-refractivity contribution in [2.75, 3.05) is 24.1 Å². The van der Waals surface area contributed by atoms with Crippen molar-refractivity contribution in [3.8, 4) is 0 Å². The van der Waals surface area contributed by atoms with Crippen molar-refractivity contribution >= 4 is 29.1 Å². The highest BCUT2D eigenvalue weighted by atomic mass is 35.5. The molecule has 2 aromatic rings.